The van der Waals surface area contributed by atoms with Gasteiger partial charge in [-0.05, 0) is 17.7 Å². The fraction of sp³-hybridized carbons (Fsp3) is 0.182. The van der Waals surface area contributed by atoms with Crippen molar-refractivity contribution in [3.8, 4) is 16.9 Å². The van der Waals surface area contributed by atoms with E-state index >= 15 is 0 Å². The van der Waals surface area contributed by atoms with Crippen LogP contribution < -0.4 is 10.5 Å². The molecule has 0 amide bonds. The predicted octanol–water partition coefficient (Wildman–Crippen LogP) is 2.62. The standard InChI is InChI=1S/C11H9BrN2O2/c12-7-3-6-1-2-15-10(6)8(4-7)9-5-14-16-11(9)13/h3-5H,1-2,13H2. The van der Waals surface area contributed by atoms with Crippen LogP contribution in [0.4, 0.5) is 5.88 Å². The summed E-state index contributed by atoms with van der Waals surface area (Å²) in [5.74, 6) is 1.20. The zero-order chi connectivity index (χ0) is 11.1. The van der Waals surface area contributed by atoms with Crippen molar-refractivity contribution in [2.45, 2.75) is 6.42 Å². The summed E-state index contributed by atoms with van der Waals surface area (Å²) in [4.78, 5) is 0. The number of nitrogens with zero attached hydrogens (tertiary/aromatic N) is 1. The lowest BCUT2D eigenvalue weighted by molar-refractivity contribution is 0.358. The lowest BCUT2D eigenvalue weighted by Crippen LogP contribution is -1.90. The Balaban J connectivity index is 2.25. The van der Waals surface area contributed by atoms with Crippen LogP contribution in [0.3, 0.4) is 0 Å². The van der Waals surface area contributed by atoms with Crippen molar-refractivity contribution in [2.24, 2.45) is 0 Å². The van der Waals surface area contributed by atoms with Crippen molar-refractivity contribution in [2.75, 3.05) is 12.3 Å². The smallest absolute Gasteiger partial charge is 0.230 e. The van der Waals surface area contributed by atoms with Crippen LogP contribution in [0.25, 0.3) is 11.1 Å². The minimum atomic E-state index is 0.316. The van der Waals surface area contributed by atoms with Gasteiger partial charge in [-0.2, -0.15) is 0 Å². The lowest BCUT2D eigenvalue weighted by atomic mass is 10.0. The monoisotopic (exact) mass is 280 g/mol. The third-order valence-electron chi connectivity index (χ3n) is 2.64. The molecular weight excluding hydrogens is 272 g/mol. The Morgan fingerprint density at radius 2 is 2.19 bits per heavy atom. The molecule has 0 fully saturated rings. The third kappa shape index (κ3) is 1.39. The van der Waals surface area contributed by atoms with Gasteiger partial charge in [0.25, 0.3) is 0 Å². The minimum Gasteiger partial charge on any atom is -0.492 e. The van der Waals surface area contributed by atoms with Crippen LogP contribution in [0, 0.1) is 0 Å². The molecule has 1 aliphatic rings. The van der Waals surface area contributed by atoms with Crippen LogP contribution in [0.1, 0.15) is 5.56 Å². The van der Waals surface area contributed by atoms with E-state index in [-0.39, 0.29) is 0 Å². The van der Waals surface area contributed by atoms with E-state index in [4.69, 9.17) is 15.0 Å². The van der Waals surface area contributed by atoms with Crippen molar-refractivity contribution in [1.29, 1.82) is 0 Å². The van der Waals surface area contributed by atoms with Gasteiger partial charge in [0.1, 0.15) is 5.75 Å². The van der Waals surface area contributed by atoms with E-state index in [0.717, 1.165) is 27.8 Å². The summed E-state index contributed by atoms with van der Waals surface area (Å²) < 4.78 is 11.5. The quantitative estimate of drug-likeness (QED) is 0.872. The first-order valence-electron chi connectivity index (χ1n) is 4.91. The maximum atomic E-state index is 5.72. The fourth-order valence-electron chi connectivity index (χ4n) is 1.92. The van der Waals surface area contributed by atoms with Crippen LogP contribution in [-0.2, 0) is 6.42 Å². The molecule has 1 aromatic heterocycles. The molecule has 1 aromatic carbocycles. The molecule has 0 atom stereocenters. The Morgan fingerprint density at radius 1 is 1.31 bits per heavy atom. The molecule has 82 valence electrons. The molecule has 4 nitrogen and oxygen atoms in total. The van der Waals surface area contributed by atoms with Gasteiger partial charge in [0.2, 0.25) is 5.88 Å². The third-order valence-corrected chi connectivity index (χ3v) is 3.09. The number of hydrogen-bond donors (Lipinski definition) is 1. The number of aromatic nitrogens is 1. The van der Waals surface area contributed by atoms with E-state index in [1.165, 1.54) is 5.56 Å². The topological polar surface area (TPSA) is 61.3 Å². The number of nitrogen functional groups attached to an aromatic ring is 1. The SMILES string of the molecule is Nc1oncc1-c1cc(Br)cc2c1OCC2. The van der Waals surface area contributed by atoms with E-state index < -0.39 is 0 Å². The van der Waals surface area contributed by atoms with E-state index in [1.807, 2.05) is 6.07 Å². The van der Waals surface area contributed by atoms with E-state index in [9.17, 15) is 0 Å². The van der Waals surface area contributed by atoms with Gasteiger partial charge in [0.15, 0.2) is 0 Å². The largest absolute Gasteiger partial charge is 0.492 e. The number of anilines is 1. The van der Waals surface area contributed by atoms with Crippen molar-refractivity contribution < 1.29 is 9.26 Å². The van der Waals surface area contributed by atoms with Gasteiger partial charge < -0.3 is 15.0 Å². The summed E-state index contributed by atoms with van der Waals surface area (Å²) in [5, 5.41) is 3.68. The molecule has 2 N–H and O–H groups in total. The number of benzene rings is 1. The molecule has 1 aliphatic heterocycles. The zero-order valence-electron chi connectivity index (χ0n) is 8.37. The second-order valence-corrected chi connectivity index (χ2v) is 4.56. The van der Waals surface area contributed by atoms with Crippen LogP contribution in [-0.4, -0.2) is 11.8 Å². The molecule has 3 rings (SSSR count). The van der Waals surface area contributed by atoms with Gasteiger partial charge in [0.05, 0.1) is 18.4 Å². The summed E-state index contributed by atoms with van der Waals surface area (Å²) in [6.45, 7) is 0.712. The van der Waals surface area contributed by atoms with Crippen molar-refractivity contribution in [3.63, 3.8) is 0 Å². The number of nitrogens with two attached hydrogens (primary N) is 1. The number of halogens is 1. The highest BCUT2D eigenvalue weighted by molar-refractivity contribution is 9.10. The van der Waals surface area contributed by atoms with Gasteiger partial charge in [-0.25, -0.2) is 0 Å². The normalized spacial score (nSPS) is 13.6. The second kappa shape index (κ2) is 3.52. The second-order valence-electron chi connectivity index (χ2n) is 3.64. The molecule has 5 heteroatoms. The molecule has 0 spiro atoms. The highest BCUT2D eigenvalue weighted by Gasteiger charge is 2.21. The van der Waals surface area contributed by atoms with Gasteiger partial charge in [-0.1, -0.05) is 21.1 Å². The van der Waals surface area contributed by atoms with E-state index in [1.54, 1.807) is 6.20 Å². The zero-order valence-corrected chi connectivity index (χ0v) is 9.95. The summed E-state index contributed by atoms with van der Waals surface area (Å²) >= 11 is 3.48. The molecular formula is C11H9BrN2O2. The Bertz CT molecular complexity index is 551. The molecule has 0 bridgehead atoms. The summed E-state index contributed by atoms with van der Waals surface area (Å²) in [6, 6.07) is 4.03. The van der Waals surface area contributed by atoms with Crippen molar-refractivity contribution in [3.05, 3.63) is 28.4 Å². The average Bonchev–Trinajstić information content (AvgIpc) is 2.84. The van der Waals surface area contributed by atoms with Crippen LogP contribution in [0.5, 0.6) is 5.75 Å². The van der Waals surface area contributed by atoms with Gasteiger partial charge >= 0.3 is 0 Å². The van der Waals surface area contributed by atoms with Gasteiger partial charge in [-0.3, -0.25) is 0 Å². The minimum absolute atomic E-state index is 0.316. The summed E-state index contributed by atoms with van der Waals surface area (Å²) in [7, 11) is 0. The molecule has 2 heterocycles. The number of fused-ring (bicyclic) bond motifs is 1. The fourth-order valence-corrected chi connectivity index (χ4v) is 2.43. The van der Waals surface area contributed by atoms with E-state index in [0.29, 0.717) is 12.5 Å². The van der Waals surface area contributed by atoms with Crippen LogP contribution in [0.15, 0.2) is 27.3 Å². The highest BCUT2D eigenvalue weighted by atomic mass is 79.9. The Morgan fingerprint density at radius 3 is 2.94 bits per heavy atom. The first-order chi connectivity index (χ1) is 7.75. The first-order valence-corrected chi connectivity index (χ1v) is 5.71. The van der Waals surface area contributed by atoms with Gasteiger partial charge in [0, 0.05) is 16.5 Å². The number of hydrogen-bond acceptors (Lipinski definition) is 4. The highest BCUT2D eigenvalue weighted by Crippen LogP contribution is 2.41. The molecule has 0 aliphatic carbocycles. The van der Waals surface area contributed by atoms with Crippen LogP contribution >= 0.6 is 15.9 Å². The Hall–Kier alpha value is -1.49. The molecule has 0 unspecified atom stereocenters. The average molecular weight is 281 g/mol. The summed E-state index contributed by atoms with van der Waals surface area (Å²) in [5.41, 5.74) is 8.61. The number of ether oxygens (including phenoxy) is 1. The molecule has 2 aromatic rings. The predicted molar refractivity (Wildman–Crippen MR) is 63.3 cm³/mol. The maximum Gasteiger partial charge on any atom is 0.230 e. The van der Waals surface area contributed by atoms with Crippen molar-refractivity contribution in [1.82, 2.24) is 5.16 Å². The Labute approximate surface area is 100 Å². The molecule has 0 saturated carbocycles. The molecule has 0 radical (unpaired) electrons. The van der Waals surface area contributed by atoms with E-state index in [2.05, 4.69) is 27.2 Å². The lowest BCUT2D eigenvalue weighted by Gasteiger charge is -2.07. The van der Waals surface area contributed by atoms with Gasteiger partial charge in [-0.15, -0.1) is 0 Å². The van der Waals surface area contributed by atoms with Crippen molar-refractivity contribution >= 4 is 21.8 Å². The van der Waals surface area contributed by atoms with Crippen LogP contribution in [0.2, 0.25) is 0 Å². The molecule has 0 saturated heterocycles. The molecule has 16 heavy (non-hydrogen) atoms. The Kier molecular flexibility index (Phi) is 2.14. The maximum absolute atomic E-state index is 5.72. The first kappa shape index (κ1) is 9.72. The summed E-state index contributed by atoms with van der Waals surface area (Å²) in [6.07, 6.45) is 2.53. The number of rotatable bonds is 1.